The number of hydrogen-bond donors (Lipinski definition) is 1. The van der Waals surface area contributed by atoms with Gasteiger partial charge in [0.2, 0.25) is 0 Å². The molecule has 0 aliphatic carbocycles. The van der Waals surface area contributed by atoms with E-state index in [1.807, 2.05) is 0 Å². The lowest BCUT2D eigenvalue weighted by molar-refractivity contribution is -0.0123. The third kappa shape index (κ3) is 3.91. The summed E-state index contributed by atoms with van der Waals surface area (Å²) in [7, 11) is 0. The average molecular weight is 432 g/mol. The van der Waals surface area contributed by atoms with Crippen molar-refractivity contribution in [2.75, 3.05) is 0 Å². The zero-order valence-electron chi connectivity index (χ0n) is 16.1. The minimum Gasteiger partial charge on any atom is -0.382 e. The maximum Gasteiger partial charge on any atom is 0.160 e. The molecule has 160 valence electrons. The van der Waals surface area contributed by atoms with Gasteiger partial charge in [0.1, 0.15) is 29.9 Å². The van der Waals surface area contributed by atoms with Crippen LogP contribution in [0.15, 0.2) is 55.2 Å². The number of hydrogen-bond acceptors (Lipinski definition) is 5. The summed E-state index contributed by atoms with van der Waals surface area (Å²) in [6.07, 6.45) is 4.01. The van der Waals surface area contributed by atoms with Crippen LogP contribution in [-0.2, 0) is 12.1 Å². The number of rotatable bonds is 6. The molecule has 0 spiro atoms. The fourth-order valence-corrected chi connectivity index (χ4v) is 3.33. The number of benzene rings is 2. The summed E-state index contributed by atoms with van der Waals surface area (Å²) in [5, 5.41) is 23.4. The van der Waals surface area contributed by atoms with E-state index in [9.17, 15) is 22.7 Å². The molecule has 4 aromatic rings. The number of halogens is 4. The maximum atomic E-state index is 14.6. The van der Waals surface area contributed by atoms with Crippen molar-refractivity contribution in [3.8, 4) is 5.69 Å². The highest BCUT2D eigenvalue weighted by Crippen LogP contribution is 2.39. The van der Waals surface area contributed by atoms with E-state index < -0.39 is 34.8 Å². The summed E-state index contributed by atoms with van der Waals surface area (Å²) in [4.78, 5) is 3.82. The van der Waals surface area contributed by atoms with Crippen LogP contribution in [-0.4, -0.2) is 34.9 Å². The molecule has 1 N–H and O–H groups in total. The monoisotopic (exact) mass is 432 g/mol. The van der Waals surface area contributed by atoms with Crippen molar-refractivity contribution in [3.05, 3.63) is 89.8 Å². The Balaban J connectivity index is 1.75. The lowest BCUT2D eigenvalue weighted by Gasteiger charge is -2.33. The van der Waals surface area contributed by atoms with Crippen LogP contribution in [0, 0.1) is 23.3 Å². The Morgan fingerprint density at radius 1 is 1.03 bits per heavy atom. The third-order valence-electron chi connectivity index (χ3n) is 5.11. The summed E-state index contributed by atoms with van der Waals surface area (Å²) in [6, 6.07) is 6.06. The van der Waals surface area contributed by atoms with E-state index in [2.05, 4.69) is 20.4 Å². The van der Waals surface area contributed by atoms with Gasteiger partial charge in [0.05, 0.1) is 24.1 Å². The second kappa shape index (κ2) is 7.91. The molecule has 0 aliphatic rings. The van der Waals surface area contributed by atoms with Crippen LogP contribution in [0.3, 0.4) is 0 Å². The first-order valence-electron chi connectivity index (χ1n) is 9.16. The topological polar surface area (TPSA) is 81.6 Å². The van der Waals surface area contributed by atoms with Gasteiger partial charge in [-0.1, -0.05) is 18.2 Å². The van der Waals surface area contributed by atoms with Crippen molar-refractivity contribution in [1.82, 2.24) is 29.8 Å². The van der Waals surface area contributed by atoms with Gasteiger partial charge in [0, 0.05) is 23.6 Å². The van der Waals surface area contributed by atoms with Gasteiger partial charge in [-0.3, -0.25) is 0 Å². The highest BCUT2D eigenvalue weighted by Gasteiger charge is 2.41. The van der Waals surface area contributed by atoms with Crippen LogP contribution in [0.4, 0.5) is 17.6 Å². The van der Waals surface area contributed by atoms with E-state index >= 15 is 0 Å². The van der Waals surface area contributed by atoms with Crippen molar-refractivity contribution in [1.29, 1.82) is 0 Å². The predicted octanol–water partition coefficient (Wildman–Crippen LogP) is 3.11. The molecule has 2 unspecified atom stereocenters. The lowest BCUT2D eigenvalue weighted by Crippen LogP contribution is -2.38. The van der Waals surface area contributed by atoms with Crippen molar-refractivity contribution in [3.63, 3.8) is 0 Å². The van der Waals surface area contributed by atoms with Crippen LogP contribution in [0.2, 0.25) is 0 Å². The van der Waals surface area contributed by atoms with Gasteiger partial charge in [0.25, 0.3) is 0 Å². The predicted molar refractivity (Wildman–Crippen MR) is 100.0 cm³/mol. The first-order chi connectivity index (χ1) is 14.8. The lowest BCUT2D eigenvalue weighted by atomic mass is 9.80. The fourth-order valence-electron chi connectivity index (χ4n) is 3.33. The molecule has 2 aromatic carbocycles. The number of aliphatic hydroxyl groups is 1. The van der Waals surface area contributed by atoms with Crippen molar-refractivity contribution in [2.24, 2.45) is 0 Å². The molecular weight excluding hydrogens is 416 g/mol. The maximum absolute atomic E-state index is 14.6. The van der Waals surface area contributed by atoms with Gasteiger partial charge in [-0.25, -0.2) is 31.9 Å². The normalized spacial score (nSPS) is 14.4. The third-order valence-corrected chi connectivity index (χ3v) is 5.11. The van der Waals surface area contributed by atoms with Crippen LogP contribution >= 0.6 is 0 Å². The van der Waals surface area contributed by atoms with Gasteiger partial charge >= 0.3 is 0 Å². The van der Waals surface area contributed by atoms with Gasteiger partial charge in [-0.05, 0) is 18.2 Å². The second-order valence-corrected chi connectivity index (χ2v) is 7.05. The molecule has 2 heterocycles. The zero-order valence-corrected chi connectivity index (χ0v) is 16.1. The summed E-state index contributed by atoms with van der Waals surface area (Å²) in [6.45, 7) is 1.37. The minimum absolute atomic E-state index is 0.167. The Hall–Kier alpha value is -3.60. The highest BCUT2D eigenvalue weighted by atomic mass is 19.2. The molecule has 4 rings (SSSR count). The zero-order chi connectivity index (χ0) is 22.2. The van der Waals surface area contributed by atoms with Crippen LogP contribution in [0.5, 0.6) is 0 Å². The van der Waals surface area contributed by atoms with Crippen molar-refractivity contribution < 1.29 is 22.7 Å². The van der Waals surface area contributed by atoms with Gasteiger partial charge in [-0.15, -0.1) is 5.10 Å². The number of nitrogens with zero attached hydrogens (tertiary/aromatic N) is 6. The largest absolute Gasteiger partial charge is 0.382 e. The summed E-state index contributed by atoms with van der Waals surface area (Å²) < 4.78 is 57.4. The van der Waals surface area contributed by atoms with Crippen molar-refractivity contribution in [2.45, 2.75) is 25.0 Å². The molecule has 0 amide bonds. The molecule has 31 heavy (non-hydrogen) atoms. The van der Waals surface area contributed by atoms with Gasteiger partial charge < -0.3 is 5.11 Å². The Labute approximate surface area is 173 Å². The summed E-state index contributed by atoms with van der Waals surface area (Å²) in [5.74, 6) is -4.66. The molecular formula is C20H16F4N6O. The Bertz CT molecular complexity index is 1210. The highest BCUT2D eigenvalue weighted by molar-refractivity contribution is 5.33. The van der Waals surface area contributed by atoms with E-state index in [0.29, 0.717) is 6.07 Å². The van der Waals surface area contributed by atoms with E-state index in [0.717, 1.165) is 24.3 Å². The molecule has 11 heteroatoms. The molecule has 0 saturated carbocycles. The number of aromatic nitrogens is 6. The summed E-state index contributed by atoms with van der Waals surface area (Å²) >= 11 is 0. The standard InChI is InChI=1S/C20H16F4N6O/c1-12(19-8-30(28-27-19)14-3-5-16(22)18(24)7-14)20(31,9-29-11-25-10-26-29)15-4-2-13(21)6-17(15)23/h2-8,10-12,31H,9H2,1H3. The molecule has 0 aliphatic heterocycles. The molecule has 0 radical (unpaired) electrons. The van der Waals surface area contributed by atoms with Crippen LogP contribution < -0.4 is 0 Å². The molecule has 2 aromatic heterocycles. The molecule has 0 fully saturated rings. The average Bonchev–Trinajstić information content (AvgIpc) is 3.41. The Kier molecular flexibility index (Phi) is 5.27. The first-order valence-corrected chi connectivity index (χ1v) is 9.16. The van der Waals surface area contributed by atoms with Crippen LogP contribution in [0.25, 0.3) is 5.69 Å². The van der Waals surface area contributed by atoms with E-state index in [1.54, 1.807) is 6.92 Å². The second-order valence-electron chi connectivity index (χ2n) is 7.05. The molecule has 0 bridgehead atoms. The van der Waals surface area contributed by atoms with Crippen LogP contribution in [0.1, 0.15) is 24.1 Å². The quantitative estimate of drug-likeness (QED) is 0.474. The Morgan fingerprint density at radius 3 is 2.52 bits per heavy atom. The molecule has 0 saturated heterocycles. The molecule has 7 nitrogen and oxygen atoms in total. The van der Waals surface area contributed by atoms with Gasteiger partial charge in [0.15, 0.2) is 11.6 Å². The smallest absolute Gasteiger partial charge is 0.160 e. The summed E-state index contributed by atoms with van der Waals surface area (Å²) in [5.41, 5.74) is -1.65. The van der Waals surface area contributed by atoms with E-state index in [1.165, 1.54) is 34.3 Å². The first kappa shape index (κ1) is 20.7. The van der Waals surface area contributed by atoms with E-state index in [-0.39, 0.29) is 23.5 Å². The van der Waals surface area contributed by atoms with Gasteiger partial charge in [-0.2, -0.15) is 5.10 Å². The molecule has 2 atom stereocenters. The minimum atomic E-state index is -1.92. The SMILES string of the molecule is CC(c1cn(-c2ccc(F)c(F)c2)nn1)C(O)(Cn1cncn1)c1ccc(F)cc1F. The van der Waals surface area contributed by atoms with E-state index in [4.69, 9.17) is 0 Å². The Morgan fingerprint density at radius 2 is 1.84 bits per heavy atom. The fraction of sp³-hybridized carbons (Fsp3) is 0.200. The van der Waals surface area contributed by atoms with Crippen molar-refractivity contribution >= 4 is 0 Å².